The predicted octanol–water partition coefficient (Wildman–Crippen LogP) is 3.17. The van der Waals surface area contributed by atoms with Gasteiger partial charge in [-0.15, -0.1) is 0 Å². The van der Waals surface area contributed by atoms with Crippen LogP contribution in [0.2, 0.25) is 0 Å². The van der Waals surface area contributed by atoms with E-state index in [9.17, 15) is 8.42 Å². The van der Waals surface area contributed by atoms with Crippen molar-refractivity contribution in [1.29, 1.82) is 0 Å². The van der Waals surface area contributed by atoms with Crippen LogP contribution in [-0.2, 0) is 16.6 Å². The van der Waals surface area contributed by atoms with E-state index in [4.69, 9.17) is 0 Å². The maximum absolute atomic E-state index is 12.7. The lowest BCUT2D eigenvalue weighted by Crippen LogP contribution is -2.29. The minimum atomic E-state index is -3.55. The number of sulfonamides is 1. The Kier molecular flexibility index (Phi) is 5.33. The third-order valence-corrected chi connectivity index (χ3v) is 6.58. The minimum absolute atomic E-state index is 0.293. The summed E-state index contributed by atoms with van der Waals surface area (Å²) in [5.74, 6) is 0. The quantitative estimate of drug-likeness (QED) is 0.839. The molecule has 0 amide bonds. The molecule has 2 rings (SSSR count). The number of nitrogens with one attached hydrogen (secondary N) is 1. The van der Waals surface area contributed by atoms with E-state index in [0.29, 0.717) is 18.0 Å². The van der Waals surface area contributed by atoms with Gasteiger partial charge in [-0.3, -0.25) is 4.68 Å². The second kappa shape index (κ2) is 6.75. The van der Waals surface area contributed by atoms with Gasteiger partial charge in [0.25, 0.3) is 0 Å². The van der Waals surface area contributed by atoms with Crippen LogP contribution in [0.4, 0.5) is 0 Å². The van der Waals surface area contributed by atoms with Crippen molar-refractivity contribution in [2.24, 2.45) is 0 Å². The van der Waals surface area contributed by atoms with Crippen molar-refractivity contribution in [2.45, 2.75) is 46.1 Å². The summed E-state index contributed by atoms with van der Waals surface area (Å²) in [4.78, 5) is 0.403. The number of rotatable bonds is 5. The molecule has 5 nitrogen and oxygen atoms in total. The van der Waals surface area contributed by atoms with E-state index in [1.165, 1.54) is 0 Å². The fourth-order valence-corrected chi connectivity index (χ4v) is 4.64. The van der Waals surface area contributed by atoms with Crippen LogP contribution in [0, 0.1) is 34.6 Å². The average molecular weight is 400 g/mol. The lowest BCUT2D eigenvalue weighted by atomic mass is 9.95. The highest BCUT2D eigenvalue weighted by Gasteiger charge is 2.23. The van der Waals surface area contributed by atoms with Crippen LogP contribution in [0.15, 0.2) is 21.8 Å². The highest BCUT2D eigenvalue weighted by Crippen LogP contribution is 2.29. The SMILES string of the molecule is Cc1c(C)c(C)c(S(=O)(=O)NCCn2cc(Br)cn2)c(C)c1C. The molecule has 126 valence electrons. The number of hydrogen-bond donors (Lipinski definition) is 1. The van der Waals surface area contributed by atoms with E-state index in [-0.39, 0.29) is 0 Å². The van der Waals surface area contributed by atoms with Gasteiger partial charge in [0.1, 0.15) is 0 Å². The Morgan fingerprint density at radius 2 is 1.57 bits per heavy atom. The van der Waals surface area contributed by atoms with Crippen LogP contribution in [0.3, 0.4) is 0 Å². The van der Waals surface area contributed by atoms with Crippen molar-refractivity contribution in [3.63, 3.8) is 0 Å². The van der Waals surface area contributed by atoms with Crippen LogP contribution in [0.25, 0.3) is 0 Å². The molecule has 23 heavy (non-hydrogen) atoms. The Hall–Kier alpha value is -1.18. The summed E-state index contributed by atoms with van der Waals surface area (Å²) < 4.78 is 30.7. The van der Waals surface area contributed by atoms with E-state index in [1.54, 1.807) is 10.9 Å². The molecular weight excluding hydrogens is 378 g/mol. The van der Waals surface area contributed by atoms with Gasteiger partial charge in [-0.05, 0) is 78.4 Å². The third-order valence-electron chi connectivity index (χ3n) is 4.43. The van der Waals surface area contributed by atoms with Crippen LogP contribution in [0.1, 0.15) is 27.8 Å². The van der Waals surface area contributed by atoms with Crippen LogP contribution in [0.5, 0.6) is 0 Å². The second-order valence-electron chi connectivity index (χ2n) is 5.77. The molecule has 1 aromatic carbocycles. The molecule has 0 saturated carbocycles. The first-order valence-electron chi connectivity index (χ1n) is 7.39. The number of nitrogens with zero attached hydrogens (tertiary/aromatic N) is 2. The standard InChI is InChI=1S/C16H22BrN3O2S/c1-10-11(2)13(4)16(14(5)12(10)3)23(21,22)19-6-7-20-9-15(17)8-18-20/h8-9,19H,6-7H2,1-5H3. The maximum atomic E-state index is 12.7. The molecule has 0 bridgehead atoms. The molecule has 0 atom stereocenters. The lowest BCUT2D eigenvalue weighted by Gasteiger charge is -2.19. The van der Waals surface area contributed by atoms with Crippen LogP contribution in [-0.4, -0.2) is 24.7 Å². The first-order chi connectivity index (χ1) is 10.6. The summed E-state index contributed by atoms with van der Waals surface area (Å²) in [6, 6.07) is 0. The van der Waals surface area contributed by atoms with Crippen molar-refractivity contribution >= 4 is 26.0 Å². The number of benzene rings is 1. The topological polar surface area (TPSA) is 64.0 Å². The van der Waals surface area contributed by atoms with E-state index in [1.807, 2.05) is 40.8 Å². The summed E-state index contributed by atoms with van der Waals surface area (Å²) in [5, 5.41) is 4.12. The summed E-state index contributed by atoms with van der Waals surface area (Å²) >= 11 is 3.32. The Balaban J connectivity index is 2.26. The summed E-state index contributed by atoms with van der Waals surface area (Å²) in [6.07, 6.45) is 3.49. The van der Waals surface area contributed by atoms with Crippen LogP contribution >= 0.6 is 15.9 Å². The fraction of sp³-hybridized carbons (Fsp3) is 0.438. The molecule has 0 fully saturated rings. The minimum Gasteiger partial charge on any atom is -0.270 e. The van der Waals surface area contributed by atoms with E-state index < -0.39 is 10.0 Å². The fourth-order valence-electron chi connectivity index (χ4n) is 2.70. The average Bonchev–Trinajstić information content (AvgIpc) is 2.88. The van der Waals surface area contributed by atoms with E-state index in [0.717, 1.165) is 32.3 Å². The van der Waals surface area contributed by atoms with Gasteiger partial charge >= 0.3 is 0 Å². The van der Waals surface area contributed by atoms with Gasteiger partial charge in [-0.1, -0.05) is 0 Å². The maximum Gasteiger partial charge on any atom is 0.241 e. The number of halogens is 1. The lowest BCUT2D eigenvalue weighted by molar-refractivity contribution is 0.559. The third kappa shape index (κ3) is 3.67. The molecule has 0 aliphatic carbocycles. The Bertz CT molecular complexity index is 812. The highest BCUT2D eigenvalue weighted by molar-refractivity contribution is 9.10. The van der Waals surface area contributed by atoms with Crippen molar-refractivity contribution in [1.82, 2.24) is 14.5 Å². The van der Waals surface area contributed by atoms with Crippen molar-refractivity contribution < 1.29 is 8.42 Å². The molecule has 2 aromatic rings. The van der Waals surface area contributed by atoms with Gasteiger partial charge in [0.15, 0.2) is 0 Å². The van der Waals surface area contributed by atoms with Gasteiger partial charge in [0, 0.05) is 12.7 Å². The molecule has 0 aliphatic rings. The van der Waals surface area contributed by atoms with E-state index >= 15 is 0 Å². The molecule has 0 radical (unpaired) electrons. The number of hydrogen-bond acceptors (Lipinski definition) is 3. The van der Waals surface area contributed by atoms with Crippen molar-refractivity contribution in [3.8, 4) is 0 Å². The molecule has 1 N–H and O–H groups in total. The zero-order valence-electron chi connectivity index (χ0n) is 14.1. The zero-order valence-corrected chi connectivity index (χ0v) is 16.5. The normalized spacial score (nSPS) is 11.9. The first-order valence-corrected chi connectivity index (χ1v) is 9.67. The predicted molar refractivity (Wildman–Crippen MR) is 95.2 cm³/mol. The molecule has 1 heterocycles. The van der Waals surface area contributed by atoms with Gasteiger partial charge < -0.3 is 0 Å². The molecule has 0 aliphatic heterocycles. The Morgan fingerprint density at radius 3 is 2.04 bits per heavy atom. The van der Waals surface area contributed by atoms with Gasteiger partial charge in [-0.2, -0.15) is 5.10 Å². The Morgan fingerprint density at radius 1 is 1.04 bits per heavy atom. The highest BCUT2D eigenvalue weighted by atomic mass is 79.9. The summed E-state index contributed by atoms with van der Waals surface area (Å²) in [5.41, 5.74) is 4.86. The molecule has 0 saturated heterocycles. The van der Waals surface area contributed by atoms with Crippen molar-refractivity contribution in [2.75, 3.05) is 6.54 Å². The van der Waals surface area contributed by atoms with Gasteiger partial charge in [0.2, 0.25) is 10.0 Å². The number of aromatic nitrogens is 2. The zero-order chi connectivity index (χ0) is 17.4. The Labute approximate surface area is 146 Å². The van der Waals surface area contributed by atoms with Gasteiger partial charge in [-0.25, -0.2) is 13.1 Å². The molecule has 0 spiro atoms. The monoisotopic (exact) mass is 399 g/mol. The first kappa shape index (κ1) is 18.2. The molecule has 0 unspecified atom stereocenters. The smallest absolute Gasteiger partial charge is 0.241 e. The molecule has 1 aromatic heterocycles. The second-order valence-corrected chi connectivity index (χ2v) is 8.39. The largest absolute Gasteiger partial charge is 0.270 e. The molecule has 7 heteroatoms. The van der Waals surface area contributed by atoms with Crippen molar-refractivity contribution in [3.05, 3.63) is 44.7 Å². The van der Waals surface area contributed by atoms with Gasteiger partial charge in [0.05, 0.1) is 22.1 Å². The van der Waals surface area contributed by atoms with Crippen LogP contribution < -0.4 is 4.72 Å². The summed E-state index contributed by atoms with van der Waals surface area (Å²) in [6.45, 7) is 10.5. The van der Waals surface area contributed by atoms with E-state index in [2.05, 4.69) is 25.8 Å². The summed E-state index contributed by atoms with van der Waals surface area (Å²) in [7, 11) is -3.55. The molecular formula is C16H22BrN3O2S.